The highest BCUT2D eigenvalue weighted by Gasteiger charge is 2.46. The summed E-state index contributed by atoms with van der Waals surface area (Å²) in [6.45, 7) is 5.91. The van der Waals surface area contributed by atoms with E-state index in [0.29, 0.717) is 18.4 Å². The zero-order valence-corrected chi connectivity index (χ0v) is 24.3. The highest BCUT2D eigenvalue weighted by molar-refractivity contribution is 6.14. The molecule has 1 aliphatic heterocycles. The molecule has 5 atom stereocenters. The number of nitrogens with zero attached hydrogens (tertiary/aromatic N) is 2. The molecule has 4 rings (SSSR count). The van der Waals surface area contributed by atoms with Gasteiger partial charge in [0, 0.05) is 24.7 Å². The smallest absolute Gasteiger partial charge is 0.254 e. The van der Waals surface area contributed by atoms with E-state index in [4.69, 9.17) is 5.73 Å². The van der Waals surface area contributed by atoms with E-state index in [0.717, 1.165) is 41.5 Å². The van der Waals surface area contributed by atoms with E-state index < -0.39 is 41.8 Å². The van der Waals surface area contributed by atoms with Gasteiger partial charge in [-0.2, -0.15) is 0 Å². The lowest BCUT2D eigenvalue weighted by atomic mass is 9.72. The van der Waals surface area contributed by atoms with Gasteiger partial charge in [0.1, 0.15) is 11.6 Å². The Morgan fingerprint density at radius 3 is 2.36 bits per heavy atom. The van der Waals surface area contributed by atoms with Gasteiger partial charge >= 0.3 is 0 Å². The summed E-state index contributed by atoms with van der Waals surface area (Å²) in [5.41, 5.74) is 7.27. The summed E-state index contributed by atoms with van der Waals surface area (Å²) in [6.07, 6.45) is 5.08. The van der Waals surface area contributed by atoms with Crippen LogP contribution in [0.5, 0.6) is 0 Å². The van der Waals surface area contributed by atoms with E-state index in [1.165, 1.54) is 12.1 Å². The molecule has 2 aliphatic rings. The van der Waals surface area contributed by atoms with Crippen LogP contribution in [0.25, 0.3) is 0 Å². The minimum absolute atomic E-state index is 0.0408. The molecule has 0 radical (unpaired) electrons. The summed E-state index contributed by atoms with van der Waals surface area (Å²) in [7, 11) is 0. The fourth-order valence-electron chi connectivity index (χ4n) is 6.73. The van der Waals surface area contributed by atoms with Crippen LogP contribution in [0.4, 0.5) is 8.78 Å². The highest BCUT2D eigenvalue weighted by atomic mass is 19.1. The molecule has 2 aromatic carbocycles. The molecule has 0 aromatic heterocycles. The van der Waals surface area contributed by atoms with Crippen molar-refractivity contribution < 1.29 is 28.0 Å². The van der Waals surface area contributed by atoms with Gasteiger partial charge in [-0.25, -0.2) is 8.78 Å². The molecule has 224 valence electrons. The van der Waals surface area contributed by atoms with Gasteiger partial charge in [0.05, 0.1) is 12.6 Å². The van der Waals surface area contributed by atoms with E-state index in [1.54, 1.807) is 4.90 Å². The van der Waals surface area contributed by atoms with Crippen molar-refractivity contribution >= 4 is 24.0 Å². The molecule has 2 N–H and O–H groups in total. The van der Waals surface area contributed by atoms with Crippen molar-refractivity contribution in [3.05, 3.63) is 83.4 Å². The second kappa shape index (κ2) is 13.1. The van der Waals surface area contributed by atoms with E-state index in [9.17, 15) is 28.0 Å². The molecule has 1 aliphatic carbocycles. The van der Waals surface area contributed by atoms with Crippen molar-refractivity contribution in [3.63, 3.8) is 0 Å². The van der Waals surface area contributed by atoms with Gasteiger partial charge in [0.25, 0.3) is 11.8 Å². The number of imide groups is 1. The zero-order valence-electron chi connectivity index (χ0n) is 24.3. The molecular formula is C33H39F2N3O4. The number of halogens is 2. The van der Waals surface area contributed by atoms with Crippen LogP contribution >= 0.6 is 0 Å². The van der Waals surface area contributed by atoms with Gasteiger partial charge in [-0.3, -0.25) is 24.1 Å². The SMILES string of the molecule is CC(C)(C)[C@H](C1CC(c2cc(F)ccc2F)CC1Cc1ccccc1)N(C=O)CC[C@H](N)C(=O)CN1C(=O)C=CC1=O. The summed E-state index contributed by atoms with van der Waals surface area (Å²) in [6, 6.07) is 12.3. The third-order valence-corrected chi connectivity index (χ3v) is 8.60. The number of benzene rings is 2. The third kappa shape index (κ3) is 7.18. The van der Waals surface area contributed by atoms with Crippen molar-refractivity contribution in [3.8, 4) is 0 Å². The second-order valence-corrected chi connectivity index (χ2v) is 12.6. The van der Waals surface area contributed by atoms with E-state index in [2.05, 4.69) is 0 Å². The van der Waals surface area contributed by atoms with Gasteiger partial charge in [-0.05, 0) is 78.2 Å². The maximum Gasteiger partial charge on any atom is 0.254 e. The molecule has 2 aromatic rings. The van der Waals surface area contributed by atoms with Gasteiger partial charge in [0.15, 0.2) is 5.78 Å². The van der Waals surface area contributed by atoms with Crippen molar-refractivity contribution in [2.24, 2.45) is 23.0 Å². The van der Waals surface area contributed by atoms with Gasteiger partial charge in [-0.15, -0.1) is 0 Å². The van der Waals surface area contributed by atoms with Crippen LogP contribution in [0, 0.1) is 28.9 Å². The number of carbonyl (C=O) groups is 4. The molecule has 1 fully saturated rings. The lowest BCUT2D eigenvalue weighted by molar-refractivity contribution is -0.140. The molecule has 7 nitrogen and oxygen atoms in total. The zero-order chi connectivity index (χ0) is 30.6. The summed E-state index contributed by atoms with van der Waals surface area (Å²) in [5.74, 6) is -2.68. The molecule has 3 amide bonds. The molecule has 0 spiro atoms. The Labute approximate surface area is 245 Å². The van der Waals surface area contributed by atoms with Crippen molar-refractivity contribution in [1.82, 2.24) is 9.80 Å². The van der Waals surface area contributed by atoms with Gasteiger partial charge in [0.2, 0.25) is 6.41 Å². The number of hydrogen-bond donors (Lipinski definition) is 1. The molecular weight excluding hydrogens is 540 g/mol. The number of Topliss-reactive ketones (excluding diaryl/α,β-unsaturated/α-hetero) is 1. The molecule has 1 heterocycles. The van der Waals surface area contributed by atoms with Gasteiger partial charge < -0.3 is 10.6 Å². The van der Waals surface area contributed by atoms with E-state index >= 15 is 0 Å². The molecule has 42 heavy (non-hydrogen) atoms. The number of ketones is 1. The average molecular weight is 580 g/mol. The minimum atomic E-state index is -0.980. The topological polar surface area (TPSA) is 101 Å². The first-order valence-electron chi connectivity index (χ1n) is 14.4. The van der Waals surface area contributed by atoms with Crippen LogP contribution in [-0.2, 0) is 25.6 Å². The number of amides is 3. The molecule has 9 heteroatoms. The number of rotatable bonds is 12. The first-order chi connectivity index (χ1) is 19.9. The fraction of sp³-hybridized carbons (Fsp3) is 0.455. The van der Waals surface area contributed by atoms with Crippen LogP contribution in [-0.4, -0.2) is 59.0 Å². The van der Waals surface area contributed by atoms with E-state index in [-0.39, 0.29) is 42.2 Å². The lowest BCUT2D eigenvalue weighted by Gasteiger charge is -2.44. The predicted octanol–water partition coefficient (Wildman–Crippen LogP) is 4.40. The van der Waals surface area contributed by atoms with Crippen molar-refractivity contribution in [2.75, 3.05) is 13.1 Å². The van der Waals surface area contributed by atoms with Crippen LogP contribution in [0.2, 0.25) is 0 Å². The van der Waals surface area contributed by atoms with Crippen molar-refractivity contribution in [1.29, 1.82) is 0 Å². The first kappa shape index (κ1) is 31.2. The second-order valence-electron chi connectivity index (χ2n) is 12.6. The molecule has 3 unspecified atom stereocenters. The quantitative estimate of drug-likeness (QED) is 0.297. The predicted molar refractivity (Wildman–Crippen MR) is 155 cm³/mol. The third-order valence-electron chi connectivity index (χ3n) is 8.60. The van der Waals surface area contributed by atoms with Crippen LogP contribution in [0.15, 0.2) is 60.7 Å². The largest absolute Gasteiger partial charge is 0.341 e. The normalized spacial score (nSPS) is 22.0. The minimum Gasteiger partial charge on any atom is -0.341 e. The Morgan fingerprint density at radius 1 is 1.07 bits per heavy atom. The summed E-state index contributed by atoms with van der Waals surface area (Å²) < 4.78 is 29.1. The van der Waals surface area contributed by atoms with Crippen molar-refractivity contribution in [2.45, 2.75) is 64.5 Å². The Morgan fingerprint density at radius 2 is 1.74 bits per heavy atom. The molecule has 0 saturated heterocycles. The van der Waals surface area contributed by atoms with Crippen LogP contribution in [0.3, 0.4) is 0 Å². The van der Waals surface area contributed by atoms with Crippen LogP contribution < -0.4 is 5.73 Å². The maximum absolute atomic E-state index is 14.9. The maximum atomic E-state index is 14.9. The van der Waals surface area contributed by atoms with Crippen LogP contribution in [0.1, 0.15) is 57.1 Å². The monoisotopic (exact) mass is 579 g/mol. The Kier molecular flexibility index (Phi) is 9.71. The Hall–Kier alpha value is -3.72. The number of carbonyl (C=O) groups excluding carboxylic acids is 4. The summed E-state index contributed by atoms with van der Waals surface area (Å²) in [4.78, 5) is 51.6. The van der Waals surface area contributed by atoms with Gasteiger partial charge in [-0.1, -0.05) is 51.1 Å². The molecule has 0 bridgehead atoms. The Balaban J connectivity index is 1.56. The lowest BCUT2D eigenvalue weighted by Crippen LogP contribution is -2.51. The Bertz CT molecular complexity index is 1320. The van der Waals surface area contributed by atoms with E-state index in [1.807, 2.05) is 51.1 Å². The summed E-state index contributed by atoms with van der Waals surface area (Å²) >= 11 is 0. The standard InChI is InChI=1S/C33H39F2N3O4/c1-33(2,3)32(37(20-39)14-13-28(36)29(40)19-38-30(41)11-12-31(38)42)26-17-23(25-18-24(34)9-10-27(25)35)16-22(26)15-21-7-5-4-6-8-21/h4-12,18,20,22-23,26,28,32H,13-17,19,36H2,1-3H3/t22?,23?,26?,28-,32-/m0/s1. The first-order valence-corrected chi connectivity index (χ1v) is 14.4. The molecule has 1 saturated carbocycles. The number of hydrogen-bond acceptors (Lipinski definition) is 5. The summed E-state index contributed by atoms with van der Waals surface area (Å²) in [5, 5.41) is 0. The number of nitrogens with two attached hydrogens (primary N) is 1. The highest BCUT2D eigenvalue weighted by Crippen LogP contribution is 2.50. The average Bonchev–Trinajstić information content (AvgIpc) is 3.49. The fourth-order valence-corrected chi connectivity index (χ4v) is 6.73.